The Morgan fingerprint density at radius 3 is 2.71 bits per heavy atom. The summed E-state index contributed by atoms with van der Waals surface area (Å²) in [6.45, 7) is 9.13. The minimum absolute atomic E-state index is 0.146. The van der Waals surface area contributed by atoms with Gasteiger partial charge in [-0.25, -0.2) is 0 Å². The molecule has 0 N–H and O–H groups in total. The lowest BCUT2D eigenvalue weighted by Crippen LogP contribution is -2.33. The fourth-order valence-electron chi connectivity index (χ4n) is 3.04. The molecule has 0 aromatic heterocycles. The van der Waals surface area contributed by atoms with Gasteiger partial charge in [0.1, 0.15) is 0 Å². The van der Waals surface area contributed by atoms with E-state index in [2.05, 4.69) is 23.4 Å². The maximum atomic E-state index is 12.2. The number of aliphatic imine (C=N–C) groups is 1. The predicted octanol–water partition coefficient (Wildman–Crippen LogP) is 3.32. The van der Waals surface area contributed by atoms with Crippen LogP contribution in [0.1, 0.15) is 52.4 Å². The number of nitrogens with zero attached hydrogens (tertiary/aromatic N) is 3. The summed E-state index contributed by atoms with van der Waals surface area (Å²) < 4.78 is 0. The summed E-state index contributed by atoms with van der Waals surface area (Å²) in [5.41, 5.74) is 2.85. The molecular formula is C17H27N3O. The van der Waals surface area contributed by atoms with Gasteiger partial charge in [0, 0.05) is 31.8 Å². The van der Waals surface area contributed by atoms with Crippen molar-refractivity contribution in [2.75, 3.05) is 13.6 Å². The minimum atomic E-state index is 0.146. The van der Waals surface area contributed by atoms with Crippen LogP contribution in [-0.2, 0) is 4.79 Å². The van der Waals surface area contributed by atoms with Gasteiger partial charge in [-0.3, -0.25) is 9.79 Å². The first-order chi connectivity index (χ1) is 10.0. The van der Waals surface area contributed by atoms with Gasteiger partial charge in [0.2, 0.25) is 5.91 Å². The molecule has 0 atom stereocenters. The highest BCUT2D eigenvalue weighted by atomic mass is 16.2. The van der Waals surface area contributed by atoms with E-state index in [-0.39, 0.29) is 5.91 Å². The van der Waals surface area contributed by atoms with E-state index in [0.29, 0.717) is 12.5 Å². The van der Waals surface area contributed by atoms with E-state index in [1.807, 2.05) is 20.2 Å². The summed E-state index contributed by atoms with van der Waals surface area (Å²) in [5.74, 6) is 0.146. The molecular weight excluding hydrogens is 262 g/mol. The highest BCUT2D eigenvalue weighted by molar-refractivity contribution is 5.83. The second kappa shape index (κ2) is 6.92. The van der Waals surface area contributed by atoms with Crippen molar-refractivity contribution in [3.05, 3.63) is 24.2 Å². The van der Waals surface area contributed by atoms with Crippen molar-refractivity contribution in [2.45, 2.75) is 58.4 Å². The molecule has 1 saturated carbocycles. The third kappa shape index (κ3) is 3.55. The highest BCUT2D eigenvalue weighted by Crippen LogP contribution is 2.31. The zero-order valence-electron chi connectivity index (χ0n) is 13.6. The summed E-state index contributed by atoms with van der Waals surface area (Å²) in [7, 11) is 1.83. The molecule has 2 fully saturated rings. The molecule has 1 aliphatic heterocycles. The standard InChI is InChI=1S/C17H27N3O/c1-5-13(2)18-12-16-14(3)20(15-8-6-7-9-15)11-10-17(21)19(16)4/h12,15H,3,5-11H2,1-2,4H3/b16-12+,18-13?. The lowest BCUT2D eigenvalue weighted by molar-refractivity contribution is -0.127. The lowest BCUT2D eigenvalue weighted by Gasteiger charge is -2.32. The van der Waals surface area contributed by atoms with E-state index in [1.54, 1.807) is 4.90 Å². The molecule has 4 heteroatoms. The Kier molecular flexibility index (Phi) is 5.21. The third-order valence-corrected chi connectivity index (χ3v) is 4.63. The second-order valence-electron chi connectivity index (χ2n) is 6.01. The fraction of sp³-hybridized carbons (Fsp3) is 0.647. The second-order valence-corrected chi connectivity index (χ2v) is 6.01. The van der Waals surface area contributed by atoms with E-state index in [1.165, 1.54) is 25.7 Å². The average molecular weight is 289 g/mol. The van der Waals surface area contributed by atoms with Gasteiger partial charge >= 0.3 is 0 Å². The SMILES string of the molecule is C=C1/C(=C\N=C(C)CC)N(C)C(=O)CCN1C1CCCC1. The summed E-state index contributed by atoms with van der Waals surface area (Å²) in [6.07, 6.45) is 8.27. The monoisotopic (exact) mass is 289 g/mol. The van der Waals surface area contributed by atoms with Gasteiger partial charge in [-0.05, 0) is 26.2 Å². The van der Waals surface area contributed by atoms with Crippen LogP contribution in [0.2, 0.25) is 0 Å². The molecule has 0 radical (unpaired) electrons. The van der Waals surface area contributed by atoms with Crippen molar-refractivity contribution in [1.29, 1.82) is 0 Å². The van der Waals surface area contributed by atoms with Crippen LogP contribution in [0.4, 0.5) is 0 Å². The summed E-state index contributed by atoms with van der Waals surface area (Å²) in [5, 5.41) is 0. The van der Waals surface area contributed by atoms with Crippen molar-refractivity contribution in [3.63, 3.8) is 0 Å². The molecule has 2 rings (SSSR count). The Morgan fingerprint density at radius 2 is 2.10 bits per heavy atom. The van der Waals surface area contributed by atoms with Gasteiger partial charge in [-0.1, -0.05) is 26.3 Å². The molecule has 0 spiro atoms. The van der Waals surface area contributed by atoms with Crippen LogP contribution in [0.15, 0.2) is 29.2 Å². The summed E-state index contributed by atoms with van der Waals surface area (Å²) >= 11 is 0. The van der Waals surface area contributed by atoms with Crippen LogP contribution in [-0.4, -0.2) is 41.1 Å². The molecule has 4 nitrogen and oxygen atoms in total. The Hall–Kier alpha value is -1.58. The normalized spacial score (nSPS) is 24.1. The molecule has 1 heterocycles. The van der Waals surface area contributed by atoms with E-state index in [4.69, 9.17) is 0 Å². The van der Waals surface area contributed by atoms with Gasteiger partial charge in [0.05, 0.1) is 17.6 Å². The smallest absolute Gasteiger partial charge is 0.228 e. The molecule has 116 valence electrons. The summed E-state index contributed by atoms with van der Waals surface area (Å²) in [6, 6.07) is 0.538. The number of amides is 1. The minimum Gasteiger partial charge on any atom is -0.367 e. The summed E-state index contributed by atoms with van der Waals surface area (Å²) in [4.78, 5) is 20.7. The van der Waals surface area contributed by atoms with Crippen LogP contribution in [0.3, 0.4) is 0 Å². The van der Waals surface area contributed by atoms with Crippen molar-refractivity contribution in [2.24, 2.45) is 4.99 Å². The van der Waals surface area contributed by atoms with Gasteiger partial charge in [0.15, 0.2) is 0 Å². The molecule has 1 amide bonds. The number of carbonyl (C=O) groups is 1. The van der Waals surface area contributed by atoms with E-state index < -0.39 is 0 Å². The van der Waals surface area contributed by atoms with Crippen molar-refractivity contribution in [3.8, 4) is 0 Å². The third-order valence-electron chi connectivity index (χ3n) is 4.63. The first-order valence-electron chi connectivity index (χ1n) is 8.00. The number of hydrogen-bond acceptors (Lipinski definition) is 3. The van der Waals surface area contributed by atoms with Crippen molar-refractivity contribution < 1.29 is 4.79 Å². The van der Waals surface area contributed by atoms with E-state index in [9.17, 15) is 4.79 Å². The molecule has 0 aromatic rings. The fourth-order valence-corrected chi connectivity index (χ4v) is 3.04. The highest BCUT2D eigenvalue weighted by Gasteiger charge is 2.30. The Morgan fingerprint density at radius 1 is 1.43 bits per heavy atom. The first kappa shape index (κ1) is 15.8. The molecule has 21 heavy (non-hydrogen) atoms. The number of rotatable bonds is 3. The predicted molar refractivity (Wildman–Crippen MR) is 87.0 cm³/mol. The molecule has 1 saturated heterocycles. The van der Waals surface area contributed by atoms with E-state index >= 15 is 0 Å². The molecule has 2 aliphatic rings. The molecule has 0 unspecified atom stereocenters. The Labute approximate surface area is 128 Å². The maximum absolute atomic E-state index is 12.2. The largest absolute Gasteiger partial charge is 0.367 e. The van der Waals surface area contributed by atoms with E-state index in [0.717, 1.165) is 30.1 Å². The van der Waals surface area contributed by atoms with Gasteiger partial charge in [0.25, 0.3) is 0 Å². The number of likely N-dealkylation sites (N-methyl/N-ethyl adjacent to an activating group) is 1. The number of hydrogen-bond donors (Lipinski definition) is 0. The maximum Gasteiger partial charge on any atom is 0.228 e. The van der Waals surface area contributed by atoms with Crippen LogP contribution in [0, 0.1) is 0 Å². The van der Waals surface area contributed by atoms with Crippen LogP contribution >= 0.6 is 0 Å². The zero-order valence-corrected chi connectivity index (χ0v) is 13.6. The first-order valence-corrected chi connectivity index (χ1v) is 8.00. The van der Waals surface area contributed by atoms with Gasteiger partial charge < -0.3 is 9.80 Å². The lowest BCUT2D eigenvalue weighted by atomic mass is 10.1. The van der Waals surface area contributed by atoms with Crippen LogP contribution < -0.4 is 0 Å². The zero-order chi connectivity index (χ0) is 15.4. The van der Waals surface area contributed by atoms with Crippen LogP contribution in [0.5, 0.6) is 0 Å². The van der Waals surface area contributed by atoms with Crippen LogP contribution in [0.25, 0.3) is 0 Å². The average Bonchev–Trinajstić information content (AvgIpc) is 2.97. The quantitative estimate of drug-likeness (QED) is 0.747. The molecule has 0 bridgehead atoms. The molecule has 1 aliphatic carbocycles. The Bertz CT molecular complexity index is 472. The van der Waals surface area contributed by atoms with Crippen molar-refractivity contribution >= 4 is 11.6 Å². The van der Waals surface area contributed by atoms with Crippen molar-refractivity contribution in [1.82, 2.24) is 9.80 Å². The van der Waals surface area contributed by atoms with Gasteiger partial charge in [-0.2, -0.15) is 0 Å². The Balaban J connectivity index is 2.29. The van der Waals surface area contributed by atoms with Gasteiger partial charge in [-0.15, -0.1) is 0 Å². The number of carbonyl (C=O) groups excluding carboxylic acids is 1. The molecule has 0 aromatic carbocycles. The topological polar surface area (TPSA) is 35.9 Å².